The van der Waals surface area contributed by atoms with E-state index in [1.807, 2.05) is 0 Å². The Morgan fingerprint density at radius 3 is 2.96 bits per heavy atom. The van der Waals surface area contributed by atoms with Crippen molar-refractivity contribution in [1.29, 1.82) is 0 Å². The topological polar surface area (TPSA) is 102 Å². The Morgan fingerprint density at radius 2 is 2.22 bits per heavy atom. The molecule has 1 aliphatic heterocycles. The van der Waals surface area contributed by atoms with Gasteiger partial charge in [-0.05, 0) is 25.2 Å². The molecule has 2 N–H and O–H groups in total. The molecule has 0 bridgehead atoms. The largest absolute Gasteiger partial charge is 0.379 e. The van der Waals surface area contributed by atoms with Crippen molar-refractivity contribution < 1.29 is 14.3 Å². The van der Waals surface area contributed by atoms with Gasteiger partial charge in [-0.25, -0.2) is 4.79 Å². The first kappa shape index (κ1) is 15.9. The van der Waals surface area contributed by atoms with Crippen molar-refractivity contribution in [2.24, 2.45) is 5.92 Å². The van der Waals surface area contributed by atoms with Crippen LogP contribution in [-0.4, -0.2) is 47.4 Å². The summed E-state index contributed by atoms with van der Waals surface area (Å²) in [6.07, 6.45) is 4.26. The Bertz CT molecular complexity index is 664. The summed E-state index contributed by atoms with van der Waals surface area (Å²) in [5.41, 5.74) is -1.08. The maximum atomic E-state index is 12.2. The van der Waals surface area contributed by atoms with E-state index in [1.54, 1.807) is 0 Å². The maximum Gasteiger partial charge on any atom is 0.328 e. The monoisotopic (exact) mass is 323 g/mol. The third-order valence-electron chi connectivity index (χ3n) is 4.10. The van der Waals surface area contributed by atoms with E-state index in [4.69, 9.17) is 9.47 Å². The van der Waals surface area contributed by atoms with E-state index >= 15 is 0 Å². The Labute approximate surface area is 132 Å². The summed E-state index contributed by atoms with van der Waals surface area (Å²) in [7, 11) is 0. The molecule has 3 rings (SSSR count). The van der Waals surface area contributed by atoms with Crippen LogP contribution in [0.25, 0.3) is 0 Å². The number of nitrogens with zero attached hydrogens (tertiary/aromatic N) is 1. The first-order valence-corrected chi connectivity index (χ1v) is 7.90. The van der Waals surface area contributed by atoms with Crippen LogP contribution in [0.1, 0.15) is 19.3 Å². The average molecular weight is 323 g/mol. The molecule has 2 heterocycles. The third kappa shape index (κ3) is 4.52. The lowest BCUT2D eigenvalue weighted by atomic mass is 10.1. The zero-order valence-corrected chi connectivity index (χ0v) is 12.8. The lowest BCUT2D eigenvalue weighted by Crippen LogP contribution is -2.51. The fraction of sp³-hybridized carbons (Fsp3) is 0.667. The van der Waals surface area contributed by atoms with E-state index in [2.05, 4.69) is 10.3 Å². The van der Waals surface area contributed by atoms with E-state index in [-0.39, 0.29) is 24.6 Å². The maximum absolute atomic E-state index is 12.2. The summed E-state index contributed by atoms with van der Waals surface area (Å²) in [5.74, 6) is 0.360. The van der Waals surface area contributed by atoms with Crippen molar-refractivity contribution in [3.8, 4) is 0 Å². The standard InChI is InChI=1S/C15H21N3O5/c19-13-3-5-18(15(21)17-13)7-14(20)16-11-4-6-22-9-12(11)23-8-10-1-2-10/h3,5,10-12H,1-2,4,6-9H2,(H,16,20)(H,17,19,21)/t11-,12-/m1/s1. The zero-order chi connectivity index (χ0) is 16.2. The second kappa shape index (κ2) is 7.10. The zero-order valence-electron chi connectivity index (χ0n) is 12.8. The molecule has 0 unspecified atom stereocenters. The van der Waals surface area contributed by atoms with Crippen LogP contribution in [0, 0.1) is 5.92 Å². The van der Waals surface area contributed by atoms with E-state index < -0.39 is 11.2 Å². The van der Waals surface area contributed by atoms with Crippen molar-refractivity contribution in [3.05, 3.63) is 33.1 Å². The number of aromatic nitrogens is 2. The summed E-state index contributed by atoms with van der Waals surface area (Å²) in [6.45, 7) is 1.62. The van der Waals surface area contributed by atoms with Gasteiger partial charge >= 0.3 is 5.69 Å². The van der Waals surface area contributed by atoms with Crippen molar-refractivity contribution in [1.82, 2.24) is 14.9 Å². The SMILES string of the molecule is O=C(Cn1ccc(=O)[nH]c1=O)N[C@@H]1CCOC[C@H]1OCC1CC1. The number of hydrogen-bond acceptors (Lipinski definition) is 5. The highest BCUT2D eigenvalue weighted by Crippen LogP contribution is 2.29. The highest BCUT2D eigenvalue weighted by molar-refractivity contribution is 5.76. The van der Waals surface area contributed by atoms with Crippen LogP contribution in [-0.2, 0) is 20.8 Å². The minimum absolute atomic E-state index is 0.117. The van der Waals surface area contributed by atoms with Crippen LogP contribution >= 0.6 is 0 Å². The Hall–Kier alpha value is -1.93. The van der Waals surface area contributed by atoms with Gasteiger partial charge in [0.25, 0.3) is 5.56 Å². The first-order chi connectivity index (χ1) is 11.1. The van der Waals surface area contributed by atoms with E-state index in [0.29, 0.717) is 32.2 Å². The molecule has 2 fully saturated rings. The van der Waals surface area contributed by atoms with Crippen molar-refractivity contribution in [2.45, 2.75) is 38.0 Å². The van der Waals surface area contributed by atoms with Crippen molar-refractivity contribution in [2.75, 3.05) is 19.8 Å². The molecule has 0 aromatic carbocycles. The smallest absolute Gasteiger partial charge is 0.328 e. The molecule has 0 spiro atoms. The molecule has 1 aromatic heterocycles. The lowest BCUT2D eigenvalue weighted by Gasteiger charge is -2.32. The summed E-state index contributed by atoms with van der Waals surface area (Å²) >= 11 is 0. The molecule has 1 aromatic rings. The van der Waals surface area contributed by atoms with Gasteiger partial charge in [0, 0.05) is 25.5 Å². The molecule has 1 saturated heterocycles. The lowest BCUT2D eigenvalue weighted by molar-refractivity contribution is -0.127. The van der Waals surface area contributed by atoms with E-state index in [1.165, 1.54) is 25.1 Å². The fourth-order valence-corrected chi connectivity index (χ4v) is 2.56. The molecular weight excluding hydrogens is 302 g/mol. The highest BCUT2D eigenvalue weighted by Gasteiger charge is 2.30. The number of hydrogen-bond donors (Lipinski definition) is 2. The summed E-state index contributed by atoms with van der Waals surface area (Å²) in [4.78, 5) is 36.9. The number of carbonyl (C=O) groups excluding carboxylic acids is 1. The van der Waals surface area contributed by atoms with Gasteiger partial charge in [-0.1, -0.05) is 0 Å². The van der Waals surface area contributed by atoms with Gasteiger partial charge in [-0.3, -0.25) is 19.1 Å². The van der Waals surface area contributed by atoms with Gasteiger partial charge in [-0.2, -0.15) is 0 Å². The Morgan fingerprint density at radius 1 is 1.39 bits per heavy atom. The Balaban J connectivity index is 1.56. The number of ether oxygens (including phenoxy) is 2. The number of nitrogens with one attached hydrogen (secondary N) is 2. The quantitative estimate of drug-likeness (QED) is 0.716. The molecule has 0 radical (unpaired) electrons. The predicted octanol–water partition coefficient (Wildman–Crippen LogP) is -0.763. The molecule has 126 valence electrons. The molecule has 8 nitrogen and oxygen atoms in total. The van der Waals surface area contributed by atoms with Gasteiger partial charge < -0.3 is 14.8 Å². The number of amides is 1. The predicted molar refractivity (Wildman–Crippen MR) is 81.2 cm³/mol. The molecule has 2 aliphatic rings. The minimum Gasteiger partial charge on any atom is -0.379 e. The van der Waals surface area contributed by atoms with Gasteiger partial charge in [0.05, 0.1) is 12.6 Å². The molecule has 23 heavy (non-hydrogen) atoms. The summed E-state index contributed by atoms with van der Waals surface area (Å²) in [5, 5.41) is 2.91. The van der Waals surface area contributed by atoms with Gasteiger partial charge in [0.2, 0.25) is 5.91 Å². The van der Waals surface area contributed by atoms with Gasteiger partial charge in [0.1, 0.15) is 12.6 Å². The second-order valence-corrected chi connectivity index (χ2v) is 6.09. The van der Waals surface area contributed by atoms with Crippen LogP contribution in [0.15, 0.2) is 21.9 Å². The van der Waals surface area contributed by atoms with Crippen LogP contribution in [0.4, 0.5) is 0 Å². The third-order valence-corrected chi connectivity index (χ3v) is 4.10. The number of aromatic amines is 1. The van der Waals surface area contributed by atoms with Crippen LogP contribution < -0.4 is 16.6 Å². The summed E-state index contributed by atoms with van der Waals surface area (Å²) < 4.78 is 12.4. The molecule has 8 heteroatoms. The Kier molecular flexibility index (Phi) is 4.92. The van der Waals surface area contributed by atoms with E-state index in [0.717, 1.165) is 4.57 Å². The molecule has 1 saturated carbocycles. The molecule has 2 atom stereocenters. The number of rotatable bonds is 6. The number of carbonyl (C=O) groups is 1. The molecule has 1 amide bonds. The van der Waals surface area contributed by atoms with Gasteiger partial charge in [0.15, 0.2) is 0 Å². The summed E-state index contributed by atoms with van der Waals surface area (Å²) in [6, 6.07) is 1.10. The average Bonchev–Trinajstić information content (AvgIpc) is 3.33. The van der Waals surface area contributed by atoms with Crippen molar-refractivity contribution >= 4 is 5.91 Å². The van der Waals surface area contributed by atoms with Gasteiger partial charge in [-0.15, -0.1) is 0 Å². The normalized spacial score (nSPS) is 24.3. The van der Waals surface area contributed by atoms with Crippen LogP contribution in [0.2, 0.25) is 0 Å². The minimum atomic E-state index is -0.596. The highest BCUT2D eigenvalue weighted by atomic mass is 16.5. The fourth-order valence-electron chi connectivity index (χ4n) is 2.56. The van der Waals surface area contributed by atoms with Crippen molar-refractivity contribution in [3.63, 3.8) is 0 Å². The van der Waals surface area contributed by atoms with Crippen LogP contribution in [0.3, 0.4) is 0 Å². The second-order valence-electron chi connectivity index (χ2n) is 6.09. The van der Waals surface area contributed by atoms with E-state index in [9.17, 15) is 14.4 Å². The molecule has 1 aliphatic carbocycles. The van der Waals surface area contributed by atoms with Crippen LogP contribution in [0.5, 0.6) is 0 Å². The number of H-pyrrole nitrogens is 1. The first-order valence-electron chi connectivity index (χ1n) is 7.90. The molecular formula is C15H21N3O5.